The molecule has 6 nitrogen and oxygen atoms in total. The van der Waals surface area contributed by atoms with Crippen LogP contribution in [0.4, 0.5) is 0 Å². The zero-order chi connectivity index (χ0) is 19.7. The van der Waals surface area contributed by atoms with E-state index in [0.29, 0.717) is 10.8 Å². The molecule has 1 aromatic heterocycles. The largest absolute Gasteiger partial charge is 0.292 e. The van der Waals surface area contributed by atoms with E-state index in [1.807, 2.05) is 32.0 Å². The third kappa shape index (κ3) is 3.22. The minimum Gasteiger partial charge on any atom is -0.267 e. The number of benzene rings is 2. The van der Waals surface area contributed by atoms with E-state index in [0.717, 1.165) is 30.5 Å². The van der Waals surface area contributed by atoms with Crippen LogP contribution in [0, 0.1) is 0 Å². The van der Waals surface area contributed by atoms with Gasteiger partial charge in [0.25, 0.3) is 11.5 Å². The van der Waals surface area contributed by atoms with Crippen LogP contribution in [0.2, 0.25) is 0 Å². The predicted molar refractivity (Wildman–Crippen MR) is 110 cm³/mol. The SMILES string of the molecule is CC(C)n1nc(C(=O)N/N=C2\CCCc3ccccc32)c2ccccc2c1=O. The Bertz CT molecular complexity index is 1140. The maximum Gasteiger partial charge on any atom is 0.292 e. The number of fused-ring (bicyclic) bond motifs is 2. The van der Waals surface area contributed by atoms with Gasteiger partial charge in [-0.3, -0.25) is 9.59 Å². The zero-order valence-corrected chi connectivity index (χ0v) is 16.0. The Morgan fingerprint density at radius 3 is 2.57 bits per heavy atom. The van der Waals surface area contributed by atoms with Gasteiger partial charge in [-0.15, -0.1) is 0 Å². The van der Waals surface area contributed by atoms with Gasteiger partial charge < -0.3 is 0 Å². The Hall–Kier alpha value is -3.28. The molecule has 0 saturated heterocycles. The van der Waals surface area contributed by atoms with Crippen LogP contribution < -0.4 is 11.0 Å². The molecular formula is C22H22N4O2. The smallest absolute Gasteiger partial charge is 0.267 e. The molecule has 1 N–H and O–H groups in total. The number of rotatable bonds is 3. The number of hydrogen-bond donors (Lipinski definition) is 1. The second kappa shape index (κ2) is 7.38. The maximum atomic E-state index is 12.9. The second-order valence-corrected chi connectivity index (χ2v) is 7.25. The normalized spacial score (nSPS) is 15.0. The lowest BCUT2D eigenvalue weighted by molar-refractivity contribution is 0.0949. The molecule has 0 saturated carbocycles. The third-order valence-corrected chi connectivity index (χ3v) is 5.01. The molecule has 1 aliphatic carbocycles. The first-order chi connectivity index (χ1) is 13.6. The Labute approximate surface area is 162 Å². The van der Waals surface area contributed by atoms with Crippen molar-refractivity contribution in [2.75, 3.05) is 0 Å². The van der Waals surface area contributed by atoms with Gasteiger partial charge >= 0.3 is 0 Å². The molecule has 6 heteroatoms. The molecule has 0 unspecified atom stereocenters. The molecule has 1 amide bonds. The Morgan fingerprint density at radius 1 is 1.07 bits per heavy atom. The van der Waals surface area contributed by atoms with Crippen LogP contribution in [-0.4, -0.2) is 21.4 Å². The molecule has 2 aromatic carbocycles. The van der Waals surface area contributed by atoms with Gasteiger partial charge in [0.1, 0.15) is 0 Å². The van der Waals surface area contributed by atoms with E-state index >= 15 is 0 Å². The van der Waals surface area contributed by atoms with Gasteiger partial charge in [-0.05, 0) is 44.7 Å². The fraction of sp³-hybridized carbons (Fsp3) is 0.273. The molecule has 0 atom stereocenters. The van der Waals surface area contributed by atoms with Crippen LogP contribution >= 0.6 is 0 Å². The summed E-state index contributed by atoms with van der Waals surface area (Å²) in [5, 5.41) is 9.74. The summed E-state index contributed by atoms with van der Waals surface area (Å²) in [6, 6.07) is 15.0. The topological polar surface area (TPSA) is 76.3 Å². The van der Waals surface area contributed by atoms with E-state index in [2.05, 4.69) is 21.7 Å². The van der Waals surface area contributed by atoms with Crippen molar-refractivity contribution >= 4 is 22.4 Å². The number of amides is 1. The van der Waals surface area contributed by atoms with Gasteiger partial charge in [-0.25, -0.2) is 10.1 Å². The van der Waals surface area contributed by atoms with Crippen molar-refractivity contribution < 1.29 is 4.79 Å². The van der Waals surface area contributed by atoms with E-state index in [1.165, 1.54) is 10.2 Å². The minimum absolute atomic E-state index is 0.153. The average Bonchev–Trinajstić information content (AvgIpc) is 2.72. The molecule has 0 radical (unpaired) electrons. The second-order valence-electron chi connectivity index (χ2n) is 7.25. The summed E-state index contributed by atoms with van der Waals surface area (Å²) in [6.07, 6.45) is 2.84. The van der Waals surface area contributed by atoms with Crippen LogP contribution in [0.25, 0.3) is 10.8 Å². The Kier molecular flexibility index (Phi) is 4.77. The van der Waals surface area contributed by atoms with E-state index in [9.17, 15) is 9.59 Å². The highest BCUT2D eigenvalue weighted by Crippen LogP contribution is 2.21. The van der Waals surface area contributed by atoms with Crippen molar-refractivity contribution in [1.82, 2.24) is 15.2 Å². The van der Waals surface area contributed by atoms with Gasteiger partial charge in [-0.1, -0.05) is 42.5 Å². The molecule has 0 bridgehead atoms. The van der Waals surface area contributed by atoms with Crippen LogP contribution in [0.1, 0.15) is 54.3 Å². The zero-order valence-electron chi connectivity index (χ0n) is 16.0. The summed E-state index contributed by atoms with van der Waals surface area (Å²) >= 11 is 0. The average molecular weight is 374 g/mol. The van der Waals surface area contributed by atoms with Crippen molar-refractivity contribution in [1.29, 1.82) is 0 Å². The summed E-state index contributed by atoms with van der Waals surface area (Å²) < 4.78 is 1.35. The van der Waals surface area contributed by atoms with Crippen LogP contribution in [0.15, 0.2) is 58.4 Å². The van der Waals surface area contributed by atoms with Crippen LogP contribution in [0.5, 0.6) is 0 Å². The minimum atomic E-state index is -0.416. The van der Waals surface area contributed by atoms with Gasteiger partial charge in [-0.2, -0.15) is 10.2 Å². The summed E-state index contributed by atoms with van der Waals surface area (Å²) in [4.78, 5) is 25.5. The molecule has 0 fully saturated rings. The highest BCUT2D eigenvalue weighted by molar-refractivity contribution is 6.07. The number of carbonyl (C=O) groups is 1. The fourth-order valence-corrected chi connectivity index (χ4v) is 3.61. The van der Waals surface area contributed by atoms with Gasteiger partial charge in [0, 0.05) is 10.9 Å². The Balaban J connectivity index is 1.73. The van der Waals surface area contributed by atoms with Gasteiger partial charge in [0.15, 0.2) is 5.69 Å². The standard InChI is InChI=1S/C22H22N4O2/c1-14(2)26-22(28)18-12-6-5-11-17(18)20(25-26)21(27)24-23-19-13-7-9-15-8-3-4-10-16(15)19/h3-6,8,10-12,14H,7,9,13H2,1-2H3,(H,24,27)/b23-19+. The lowest BCUT2D eigenvalue weighted by Crippen LogP contribution is -2.30. The fourth-order valence-electron chi connectivity index (χ4n) is 3.61. The van der Waals surface area contributed by atoms with E-state index in [4.69, 9.17) is 0 Å². The van der Waals surface area contributed by atoms with E-state index < -0.39 is 5.91 Å². The molecule has 4 rings (SSSR count). The molecule has 0 aliphatic heterocycles. The van der Waals surface area contributed by atoms with Crippen molar-refractivity contribution in [3.63, 3.8) is 0 Å². The number of hydrogen-bond acceptors (Lipinski definition) is 4. The summed E-state index contributed by atoms with van der Waals surface area (Å²) in [7, 11) is 0. The van der Waals surface area contributed by atoms with Gasteiger partial charge in [0.2, 0.25) is 0 Å². The van der Waals surface area contributed by atoms with Crippen molar-refractivity contribution in [3.8, 4) is 0 Å². The van der Waals surface area contributed by atoms with Gasteiger partial charge in [0.05, 0.1) is 17.1 Å². The van der Waals surface area contributed by atoms with Crippen molar-refractivity contribution in [2.24, 2.45) is 5.10 Å². The first-order valence-corrected chi connectivity index (χ1v) is 9.53. The summed E-state index contributed by atoms with van der Waals surface area (Å²) in [5.74, 6) is -0.416. The number of nitrogens with one attached hydrogen (secondary N) is 1. The molecule has 3 aromatic rings. The monoisotopic (exact) mass is 374 g/mol. The maximum absolute atomic E-state index is 12.9. The number of carbonyl (C=O) groups excluding carboxylic acids is 1. The lowest BCUT2D eigenvalue weighted by atomic mass is 9.90. The van der Waals surface area contributed by atoms with E-state index in [1.54, 1.807) is 24.3 Å². The number of nitrogens with zero attached hydrogens (tertiary/aromatic N) is 3. The predicted octanol–water partition coefficient (Wildman–Crippen LogP) is 3.45. The summed E-state index contributed by atoms with van der Waals surface area (Å²) in [6.45, 7) is 3.73. The van der Waals surface area contributed by atoms with E-state index in [-0.39, 0.29) is 17.3 Å². The molecule has 28 heavy (non-hydrogen) atoms. The van der Waals surface area contributed by atoms with Crippen LogP contribution in [-0.2, 0) is 6.42 Å². The first kappa shape index (κ1) is 18.1. The number of aromatic nitrogens is 2. The molecule has 0 spiro atoms. The van der Waals surface area contributed by atoms with Crippen LogP contribution in [0.3, 0.4) is 0 Å². The first-order valence-electron chi connectivity index (χ1n) is 9.53. The summed E-state index contributed by atoms with van der Waals surface area (Å²) in [5.41, 5.74) is 5.87. The third-order valence-electron chi connectivity index (χ3n) is 5.01. The lowest BCUT2D eigenvalue weighted by Gasteiger charge is -2.17. The molecule has 1 heterocycles. The Morgan fingerprint density at radius 2 is 1.79 bits per heavy atom. The number of hydrazone groups is 1. The van der Waals surface area contributed by atoms with Crippen molar-refractivity contribution in [2.45, 2.75) is 39.2 Å². The molecule has 1 aliphatic rings. The highest BCUT2D eigenvalue weighted by atomic mass is 16.2. The molecular weight excluding hydrogens is 352 g/mol. The quantitative estimate of drug-likeness (QED) is 0.714. The number of aryl methyl sites for hydroxylation is 1. The highest BCUT2D eigenvalue weighted by Gasteiger charge is 2.19. The molecule has 142 valence electrons. The van der Waals surface area contributed by atoms with Crippen molar-refractivity contribution in [3.05, 3.63) is 75.7 Å².